The van der Waals surface area contributed by atoms with Crippen molar-refractivity contribution in [2.24, 2.45) is 0 Å². The van der Waals surface area contributed by atoms with Gasteiger partial charge >= 0.3 is 0 Å². The minimum atomic E-state index is -0.0685. The lowest BCUT2D eigenvalue weighted by molar-refractivity contribution is 0.195. The number of hydrogen-bond donors (Lipinski definition) is 0. The van der Waals surface area contributed by atoms with E-state index in [0.29, 0.717) is 0 Å². The first-order valence-electron chi connectivity index (χ1n) is 20.0. The molecule has 6 aromatic rings. The standard InChI is InChI=1S/C50H50BN3/c1-33-19-11-14-24-41(33)53(42-25-15-12-20-34(42)2)37-31-44-46-45(32-37)54-47-38(49(6)27-17-18-28-50(49,54)7)29-35(48(3,4)5)30-40(47)51(46)39-23-13-16-26-43(39)52(44)36-21-9-8-10-22-36/h8-16,19-26,29-32H,17-18,27-28H2,1-7H3. The molecule has 6 aromatic carbocycles. The highest BCUT2D eigenvalue weighted by atomic mass is 15.3. The molecule has 3 heterocycles. The fraction of sp³-hybridized carbons (Fsp3) is 0.280. The van der Waals surface area contributed by atoms with Gasteiger partial charge in [0.1, 0.15) is 0 Å². The number of benzene rings is 6. The predicted molar refractivity (Wildman–Crippen MR) is 231 cm³/mol. The molecule has 4 aliphatic rings. The van der Waals surface area contributed by atoms with Crippen LogP contribution in [0, 0.1) is 13.8 Å². The maximum Gasteiger partial charge on any atom is 0.252 e. The quantitative estimate of drug-likeness (QED) is 0.169. The molecule has 0 bridgehead atoms. The monoisotopic (exact) mass is 703 g/mol. The van der Waals surface area contributed by atoms with Crippen molar-refractivity contribution in [2.45, 2.75) is 90.5 Å². The first-order valence-corrected chi connectivity index (χ1v) is 20.0. The number of rotatable bonds is 4. The van der Waals surface area contributed by atoms with E-state index in [-0.39, 0.29) is 23.1 Å². The lowest BCUT2D eigenvalue weighted by atomic mass is 9.33. The van der Waals surface area contributed by atoms with E-state index >= 15 is 0 Å². The van der Waals surface area contributed by atoms with Crippen molar-refractivity contribution in [3.05, 3.63) is 150 Å². The van der Waals surface area contributed by atoms with Crippen molar-refractivity contribution in [3.8, 4) is 0 Å². The average molecular weight is 704 g/mol. The Morgan fingerprint density at radius 2 is 1.24 bits per heavy atom. The second-order valence-electron chi connectivity index (χ2n) is 17.8. The summed E-state index contributed by atoms with van der Waals surface area (Å²) in [6.07, 6.45) is 4.90. The summed E-state index contributed by atoms with van der Waals surface area (Å²) in [5.41, 5.74) is 19.9. The Bertz CT molecular complexity index is 2430. The average Bonchev–Trinajstić information content (AvgIpc) is 3.38. The molecule has 1 aliphatic carbocycles. The van der Waals surface area contributed by atoms with Crippen molar-refractivity contribution in [1.29, 1.82) is 0 Å². The van der Waals surface area contributed by atoms with Gasteiger partial charge in [0.2, 0.25) is 0 Å². The van der Waals surface area contributed by atoms with E-state index in [1.54, 1.807) is 5.56 Å². The number of fused-ring (bicyclic) bond motifs is 7. The maximum absolute atomic E-state index is 2.87. The Hall–Kier alpha value is -5.22. The van der Waals surface area contributed by atoms with E-state index in [0.717, 1.165) is 0 Å². The zero-order valence-electron chi connectivity index (χ0n) is 32.9. The predicted octanol–water partition coefficient (Wildman–Crippen LogP) is 11.4. The lowest BCUT2D eigenvalue weighted by Crippen LogP contribution is -2.64. The minimum Gasteiger partial charge on any atom is -0.335 e. The van der Waals surface area contributed by atoms with Crippen LogP contribution in [-0.2, 0) is 10.8 Å². The third-order valence-corrected chi connectivity index (χ3v) is 13.8. The van der Waals surface area contributed by atoms with Gasteiger partial charge in [-0.2, -0.15) is 0 Å². The molecule has 0 spiro atoms. The van der Waals surface area contributed by atoms with Gasteiger partial charge in [0.25, 0.3) is 6.71 Å². The van der Waals surface area contributed by atoms with Crippen LogP contribution in [-0.4, -0.2) is 12.3 Å². The molecule has 0 radical (unpaired) electrons. The SMILES string of the molecule is Cc1ccccc1N(c1cc2c3c(c1)N1c4c(cc(C(C)(C)C)cc4C4(C)CCCCC14C)B3c1ccccc1N2c1ccccc1)c1ccccc1C. The van der Waals surface area contributed by atoms with Crippen LogP contribution in [0.15, 0.2) is 127 Å². The first kappa shape index (κ1) is 33.4. The zero-order chi connectivity index (χ0) is 37.1. The summed E-state index contributed by atoms with van der Waals surface area (Å²) < 4.78 is 0. The Morgan fingerprint density at radius 3 is 1.93 bits per heavy atom. The van der Waals surface area contributed by atoms with Gasteiger partial charge in [0.05, 0.1) is 11.2 Å². The Balaban J connectivity index is 1.37. The molecule has 0 N–H and O–H groups in total. The van der Waals surface area contributed by atoms with Crippen LogP contribution < -0.4 is 31.1 Å². The van der Waals surface area contributed by atoms with Crippen LogP contribution in [0.4, 0.5) is 45.5 Å². The maximum atomic E-state index is 2.87. The topological polar surface area (TPSA) is 9.72 Å². The van der Waals surface area contributed by atoms with Crippen LogP contribution in [0.1, 0.15) is 82.6 Å². The van der Waals surface area contributed by atoms with Gasteiger partial charge in [0.15, 0.2) is 0 Å². The van der Waals surface area contributed by atoms with Crippen LogP contribution in [0.25, 0.3) is 0 Å². The highest BCUT2D eigenvalue weighted by Gasteiger charge is 2.61. The van der Waals surface area contributed by atoms with Gasteiger partial charge in [0, 0.05) is 45.2 Å². The summed E-state index contributed by atoms with van der Waals surface area (Å²) >= 11 is 0. The van der Waals surface area contributed by atoms with E-state index in [1.165, 1.54) is 104 Å². The van der Waals surface area contributed by atoms with Crippen molar-refractivity contribution in [1.82, 2.24) is 0 Å². The van der Waals surface area contributed by atoms with Gasteiger partial charge in [-0.05, 0) is 120 Å². The van der Waals surface area contributed by atoms with Crippen molar-refractivity contribution in [2.75, 3.05) is 14.7 Å². The molecule has 0 amide bonds. The smallest absolute Gasteiger partial charge is 0.252 e. The van der Waals surface area contributed by atoms with Crippen molar-refractivity contribution < 1.29 is 0 Å². The van der Waals surface area contributed by atoms with Crippen molar-refractivity contribution >= 4 is 68.6 Å². The normalized spacial score (nSPS) is 20.6. The fourth-order valence-corrected chi connectivity index (χ4v) is 10.7. The third kappa shape index (κ3) is 4.49. The molecule has 2 unspecified atom stereocenters. The van der Waals surface area contributed by atoms with E-state index in [2.05, 4.69) is 191 Å². The highest BCUT2D eigenvalue weighted by Crippen LogP contribution is 2.62. The molecule has 3 nitrogen and oxygen atoms in total. The number of hydrogen-bond acceptors (Lipinski definition) is 3. The van der Waals surface area contributed by atoms with E-state index in [4.69, 9.17) is 0 Å². The van der Waals surface area contributed by atoms with Gasteiger partial charge < -0.3 is 14.7 Å². The fourth-order valence-electron chi connectivity index (χ4n) is 10.7. The molecule has 2 atom stereocenters. The highest BCUT2D eigenvalue weighted by molar-refractivity contribution is 7.00. The van der Waals surface area contributed by atoms with Crippen molar-refractivity contribution in [3.63, 3.8) is 0 Å². The van der Waals surface area contributed by atoms with E-state index < -0.39 is 0 Å². The summed E-state index contributed by atoms with van der Waals surface area (Å²) in [5.74, 6) is 0. The lowest BCUT2D eigenvalue weighted by Gasteiger charge is -2.53. The molecule has 0 saturated heterocycles. The summed E-state index contributed by atoms with van der Waals surface area (Å²) in [6.45, 7) is 17.0. The number of para-hydroxylation sites is 4. The van der Waals surface area contributed by atoms with Gasteiger partial charge in [-0.15, -0.1) is 0 Å². The largest absolute Gasteiger partial charge is 0.335 e. The Kier molecular flexibility index (Phi) is 7.19. The summed E-state index contributed by atoms with van der Waals surface area (Å²) in [5, 5.41) is 0. The van der Waals surface area contributed by atoms with E-state index in [9.17, 15) is 0 Å². The third-order valence-electron chi connectivity index (χ3n) is 13.8. The molecule has 4 heteroatoms. The number of aryl methyl sites for hydroxylation is 2. The minimum absolute atomic E-state index is 0.0251. The summed E-state index contributed by atoms with van der Waals surface area (Å²) in [6, 6.07) is 48.3. The second-order valence-corrected chi connectivity index (χ2v) is 17.8. The van der Waals surface area contributed by atoms with Gasteiger partial charge in [-0.1, -0.05) is 125 Å². The molecular formula is C50H50BN3. The summed E-state index contributed by atoms with van der Waals surface area (Å²) in [7, 11) is 0. The van der Waals surface area contributed by atoms with E-state index in [1.807, 2.05) is 0 Å². The molecule has 3 aliphatic heterocycles. The van der Waals surface area contributed by atoms with Crippen LogP contribution >= 0.6 is 0 Å². The van der Waals surface area contributed by atoms with Gasteiger partial charge in [-0.3, -0.25) is 0 Å². The summed E-state index contributed by atoms with van der Waals surface area (Å²) in [4.78, 5) is 7.95. The first-order chi connectivity index (χ1) is 26.0. The number of anilines is 8. The molecule has 1 saturated carbocycles. The molecule has 268 valence electrons. The van der Waals surface area contributed by atoms with Gasteiger partial charge in [-0.25, -0.2) is 0 Å². The molecule has 0 aromatic heterocycles. The zero-order valence-corrected chi connectivity index (χ0v) is 32.9. The van der Waals surface area contributed by atoms with Crippen LogP contribution in [0.2, 0.25) is 0 Å². The molecular weight excluding hydrogens is 653 g/mol. The second kappa shape index (κ2) is 11.6. The van der Waals surface area contributed by atoms with Crippen LogP contribution in [0.3, 0.4) is 0 Å². The molecule has 10 rings (SSSR count). The molecule has 1 fully saturated rings. The van der Waals surface area contributed by atoms with Crippen LogP contribution in [0.5, 0.6) is 0 Å². The Morgan fingerprint density at radius 1 is 0.630 bits per heavy atom. The molecule has 54 heavy (non-hydrogen) atoms. The Labute approximate surface area is 322 Å². The number of nitrogens with zero attached hydrogens (tertiary/aromatic N) is 3.